The number of ether oxygens (including phenoxy) is 8. The van der Waals surface area contributed by atoms with Crippen molar-refractivity contribution in [2.75, 3.05) is 13.2 Å². The molecule has 6 aromatic carbocycles. The van der Waals surface area contributed by atoms with Crippen molar-refractivity contribution in [1.29, 1.82) is 0 Å². The first-order valence-corrected chi connectivity index (χ1v) is 22.5. The molecule has 2 aliphatic rings. The van der Waals surface area contributed by atoms with E-state index in [4.69, 9.17) is 37.9 Å². The highest BCUT2D eigenvalue weighted by Gasteiger charge is 2.48. The van der Waals surface area contributed by atoms with Crippen LogP contribution < -0.4 is 0 Å². The van der Waals surface area contributed by atoms with E-state index < -0.39 is 49.3 Å². The van der Waals surface area contributed by atoms with E-state index in [1.807, 2.05) is 189 Å². The van der Waals surface area contributed by atoms with E-state index >= 15 is 4.39 Å². The largest absolute Gasteiger partial charge is 0.387 e. The van der Waals surface area contributed by atoms with Crippen LogP contribution in [0.1, 0.15) is 40.3 Å². The minimum absolute atomic E-state index is 0.0806. The lowest BCUT2D eigenvalue weighted by molar-refractivity contribution is -0.288. The summed E-state index contributed by atoms with van der Waals surface area (Å²) in [5, 5.41) is 11.0. The van der Waals surface area contributed by atoms with E-state index in [1.54, 1.807) is 0 Å². The quantitative estimate of drug-likeness (QED) is 0.0804. The van der Waals surface area contributed by atoms with Gasteiger partial charge in [0.2, 0.25) is 12.7 Å². The van der Waals surface area contributed by atoms with Crippen LogP contribution in [0.3, 0.4) is 0 Å². The number of rotatable bonds is 20. The van der Waals surface area contributed by atoms with Gasteiger partial charge in [-0.05, 0) is 33.4 Å². The Balaban J connectivity index is 0.000000196. The normalized spacial score (nSPS) is 25.1. The number of alkyl halides is 2. The Labute approximate surface area is 387 Å². The molecule has 6 aromatic rings. The summed E-state index contributed by atoms with van der Waals surface area (Å²) in [6.07, 6.45) is -8.95. The van der Waals surface area contributed by atoms with Crippen LogP contribution in [0.4, 0.5) is 8.78 Å². The van der Waals surface area contributed by atoms with E-state index in [2.05, 4.69) is 0 Å². The number of aliphatic hydroxyl groups is 1. The van der Waals surface area contributed by atoms with Gasteiger partial charge in [0, 0.05) is 5.92 Å². The zero-order valence-corrected chi connectivity index (χ0v) is 37.2. The van der Waals surface area contributed by atoms with Gasteiger partial charge in [-0.25, -0.2) is 8.78 Å². The average Bonchev–Trinajstić information content (AvgIpc) is 3.35. The summed E-state index contributed by atoms with van der Waals surface area (Å²) in [5.74, 6) is -0.216. The molecular formula is C55H60F2O9. The van der Waals surface area contributed by atoms with Crippen LogP contribution >= 0.6 is 0 Å². The van der Waals surface area contributed by atoms with Crippen molar-refractivity contribution in [3.63, 3.8) is 0 Å². The zero-order chi connectivity index (χ0) is 45.8. The molecule has 0 aliphatic carbocycles. The molecule has 2 aliphatic heterocycles. The molecule has 2 saturated heterocycles. The topological polar surface area (TPSA) is 94.1 Å². The first-order chi connectivity index (χ1) is 32.4. The van der Waals surface area contributed by atoms with E-state index in [1.165, 1.54) is 0 Å². The lowest BCUT2D eigenvalue weighted by Crippen LogP contribution is -2.59. The monoisotopic (exact) mass is 902 g/mol. The number of benzene rings is 6. The number of hydrogen-bond donors (Lipinski definition) is 1. The van der Waals surface area contributed by atoms with E-state index in [0.29, 0.717) is 26.4 Å². The smallest absolute Gasteiger partial charge is 0.228 e. The molecule has 9 nitrogen and oxygen atoms in total. The predicted octanol–water partition coefficient (Wildman–Crippen LogP) is 10.1. The lowest BCUT2D eigenvalue weighted by atomic mass is 9.90. The van der Waals surface area contributed by atoms with Crippen LogP contribution in [0.2, 0.25) is 0 Å². The highest BCUT2D eigenvalue weighted by molar-refractivity contribution is 5.17. The molecule has 2 fully saturated rings. The summed E-state index contributed by atoms with van der Waals surface area (Å²) in [4.78, 5) is 0. The lowest BCUT2D eigenvalue weighted by Gasteiger charge is -2.42. The van der Waals surface area contributed by atoms with Crippen LogP contribution in [0.5, 0.6) is 0 Å². The van der Waals surface area contributed by atoms with Crippen molar-refractivity contribution in [3.8, 4) is 0 Å². The molecule has 0 amide bonds. The minimum atomic E-state index is -1.80. The van der Waals surface area contributed by atoms with E-state index in [9.17, 15) is 9.50 Å². The fourth-order valence-electron chi connectivity index (χ4n) is 7.91. The second-order valence-corrected chi connectivity index (χ2v) is 16.4. The SMILES string of the molecule is C[C@@H]1C(OCc2ccccc2)[C@@H](F)OC(COCc2ccccc2)[C@@H]1OCc1ccccc1.O[C@@H]1C(OCc2ccccc2)[C@@H](F)OC(COCc2ccccc2)[C@@H]1OCc1ccccc1. The number of hydrogen-bond acceptors (Lipinski definition) is 9. The van der Waals surface area contributed by atoms with E-state index in [0.717, 1.165) is 33.4 Å². The first kappa shape index (κ1) is 48.7. The summed E-state index contributed by atoms with van der Waals surface area (Å²) >= 11 is 0. The third kappa shape index (κ3) is 14.9. The second kappa shape index (κ2) is 26.2. The molecule has 0 spiro atoms. The Morgan fingerprint density at radius 3 is 1.02 bits per heavy atom. The van der Waals surface area contributed by atoms with Gasteiger partial charge < -0.3 is 43.0 Å². The van der Waals surface area contributed by atoms with Crippen molar-refractivity contribution in [1.82, 2.24) is 0 Å². The molecule has 10 atom stereocenters. The zero-order valence-electron chi connectivity index (χ0n) is 37.2. The Morgan fingerprint density at radius 1 is 0.379 bits per heavy atom. The van der Waals surface area contributed by atoms with Crippen LogP contribution in [-0.4, -0.2) is 73.8 Å². The molecule has 0 saturated carbocycles. The fraction of sp³-hybridized carbons (Fsp3) is 0.345. The molecule has 2 heterocycles. The van der Waals surface area contributed by atoms with Crippen molar-refractivity contribution < 1.29 is 51.8 Å². The molecule has 348 valence electrons. The summed E-state index contributed by atoms with van der Waals surface area (Å²) < 4.78 is 77.0. The van der Waals surface area contributed by atoms with Crippen molar-refractivity contribution in [3.05, 3.63) is 215 Å². The molecule has 66 heavy (non-hydrogen) atoms. The Morgan fingerprint density at radius 2 is 0.652 bits per heavy atom. The summed E-state index contributed by atoms with van der Waals surface area (Å²) in [5.41, 5.74) is 5.93. The third-order valence-electron chi connectivity index (χ3n) is 11.5. The molecule has 11 heteroatoms. The second-order valence-electron chi connectivity index (χ2n) is 16.4. The van der Waals surface area contributed by atoms with Crippen molar-refractivity contribution >= 4 is 0 Å². The third-order valence-corrected chi connectivity index (χ3v) is 11.5. The molecule has 0 aromatic heterocycles. The van der Waals surface area contributed by atoms with Crippen LogP contribution in [0, 0.1) is 5.92 Å². The van der Waals surface area contributed by atoms with Gasteiger partial charge in [0.1, 0.15) is 36.6 Å². The Bertz CT molecular complexity index is 2030. The van der Waals surface area contributed by atoms with Crippen molar-refractivity contribution in [2.45, 2.75) is 102 Å². The predicted molar refractivity (Wildman–Crippen MR) is 247 cm³/mol. The van der Waals surface area contributed by atoms with Gasteiger partial charge in [0.25, 0.3) is 0 Å². The van der Waals surface area contributed by atoms with Gasteiger partial charge in [0.05, 0.1) is 59.0 Å². The fourth-order valence-corrected chi connectivity index (χ4v) is 7.91. The summed E-state index contributed by atoms with van der Waals surface area (Å²) in [7, 11) is 0. The highest BCUT2D eigenvalue weighted by atomic mass is 19.2. The first-order valence-electron chi connectivity index (χ1n) is 22.5. The minimum Gasteiger partial charge on any atom is -0.387 e. The Hall–Kier alpha value is -5.18. The number of halogens is 2. The molecular weight excluding hydrogens is 843 g/mol. The molecule has 1 N–H and O–H groups in total. The molecule has 0 bridgehead atoms. The van der Waals surface area contributed by atoms with Gasteiger partial charge in [-0.1, -0.05) is 189 Å². The highest BCUT2D eigenvalue weighted by Crippen LogP contribution is 2.33. The Kier molecular flexibility index (Phi) is 19.4. The maximum absolute atomic E-state index is 15.1. The molecule has 0 radical (unpaired) electrons. The van der Waals surface area contributed by atoms with E-state index in [-0.39, 0.29) is 38.4 Å². The maximum Gasteiger partial charge on any atom is 0.228 e. The van der Waals surface area contributed by atoms with Crippen LogP contribution in [-0.2, 0) is 77.5 Å². The maximum atomic E-state index is 15.1. The van der Waals surface area contributed by atoms with Gasteiger partial charge >= 0.3 is 0 Å². The van der Waals surface area contributed by atoms with Gasteiger partial charge in [-0.15, -0.1) is 0 Å². The van der Waals surface area contributed by atoms with Gasteiger partial charge in [-0.3, -0.25) is 0 Å². The average molecular weight is 903 g/mol. The van der Waals surface area contributed by atoms with Crippen molar-refractivity contribution in [2.24, 2.45) is 5.92 Å². The summed E-state index contributed by atoms with van der Waals surface area (Å²) in [6.45, 7) is 4.22. The standard InChI is InChI=1S/C28H31FO4.C27H29FO5/c1-21-26(31-18-23-13-7-3-8-14-23)25(20-30-17-22-11-5-2-6-12-22)33-28(29)27(21)32-19-24-15-9-4-10-16-24;28-27-26(32-18-22-14-8-3-9-15-22)24(29)25(31-17-21-12-6-2-7-13-21)23(33-27)19-30-16-20-10-4-1-5-11-20/h2-16,21,25-28H,17-20H2,1H3;1-15,23-27,29H,16-19H2/t21-,25?,26+,27?,28-;23?,24-,25-,26?,27-/m00/s1. The van der Waals surface area contributed by atoms with Crippen LogP contribution in [0.25, 0.3) is 0 Å². The molecule has 8 rings (SSSR count). The molecule has 4 unspecified atom stereocenters. The van der Waals surface area contributed by atoms with Gasteiger partial charge in [0.15, 0.2) is 0 Å². The van der Waals surface area contributed by atoms with Gasteiger partial charge in [-0.2, -0.15) is 0 Å². The van der Waals surface area contributed by atoms with Crippen LogP contribution in [0.15, 0.2) is 182 Å². The summed E-state index contributed by atoms with van der Waals surface area (Å²) in [6, 6.07) is 58.3. The number of aliphatic hydroxyl groups excluding tert-OH is 1.